The van der Waals surface area contributed by atoms with Crippen molar-refractivity contribution in [3.63, 3.8) is 0 Å². The lowest BCUT2D eigenvalue weighted by Crippen LogP contribution is -2.67. The van der Waals surface area contributed by atoms with E-state index in [1.54, 1.807) is 12.1 Å². The lowest BCUT2D eigenvalue weighted by molar-refractivity contribution is -0.0637. The second kappa shape index (κ2) is 7.58. The Morgan fingerprint density at radius 2 is 1.84 bits per heavy atom. The number of hydrazine groups is 1. The predicted octanol–water partition coefficient (Wildman–Crippen LogP) is 3.62. The number of halogens is 1. The van der Waals surface area contributed by atoms with Crippen molar-refractivity contribution < 1.29 is 9.18 Å². The molecule has 2 aliphatic heterocycles. The van der Waals surface area contributed by atoms with Crippen molar-refractivity contribution in [1.29, 1.82) is 0 Å². The maximum Gasteiger partial charge on any atom is 0.186 e. The molecule has 0 saturated carbocycles. The van der Waals surface area contributed by atoms with Crippen LogP contribution in [0, 0.1) is 5.82 Å². The van der Waals surface area contributed by atoms with Crippen LogP contribution in [0.1, 0.15) is 41.2 Å². The third kappa shape index (κ3) is 3.03. The monoisotopic (exact) mass is 428 g/mol. The molecule has 3 atom stereocenters. The third-order valence-electron chi connectivity index (χ3n) is 6.55. The van der Waals surface area contributed by atoms with Gasteiger partial charge >= 0.3 is 0 Å². The third-order valence-corrected chi connectivity index (χ3v) is 6.55. The zero-order valence-electron chi connectivity index (χ0n) is 17.2. The minimum Gasteiger partial charge on any atom is -0.292 e. The Morgan fingerprint density at radius 3 is 2.72 bits per heavy atom. The van der Waals surface area contributed by atoms with Crippen LogP contribution >= 0.6 is 0 Å². The maximum atomic E-state index is 14.8. The van der Waals surface area contributed by atoms with Crippen LogP contribution in [0.3, 0.4) is 0 Å². The van der Waals surface area contributed by atoms with Crippen LogP contribution in [0.2, 0.25) is 0 Å². The number of fused-ring (bicyclic) bond motifs is 2. The van der Waals surface area contributed by atoms with Crippen molar-refractivity contribution in [2.24, 2.45) is 0 Å². The first-order chi connectivity index (χ1) is 15.7. The predicted molar refractivity (Wildman–Crippen MR) is 117 cm³/mol. The summed E-state index contributed by atoms with van der Waals surface area (Å²) in [6.07, 6.45) is 7.49. The second-order valence-electron chi connectivity index (χ2n) is 8.31. The highest BCUT2D eigenvalue weighted by molar-refractivity contribution is 6.03. The average molecular weight is 428 g/mol. The van der Waals surface area contributed by atoms with Crippen LogP contribution in [0.4, 0.5) is 4.39 Å². The summed E-state index contributed by atoms with van der Waals surface area (Å²) in [5.74, 6) is -0.804. The summed E-state index contributed by atoms with van der Waals surface area (Å²) < 4.78 is 14.8. The number of carbonyl (C=O) groups excluding carboxylic acids is 1. The van der Waals surface area contributed by atoms with E-state index >= 15 is 0 Å². The summed E-state index contributed by atoms with van der Waals surface area (Å²) in [4.78, 5) is 19.2. The van der Waals surface area contributed by atoms with E-state index in [-0.39, 0.29) is 23.4 Å². The van der Waals surface area contributed by atoms with Crippen LogP contribution in [-0.2, 0) is 0 Å². The lowest BCUT2D eigenvalue weighted by Gasteiger charge is -2.53. The zero-order chi connectivity index (χ0) is 21.7. The van der Waals surface area contributed by atoms with Gasteiger partial charge in [0.05, 0.1) is 35.2 Å². The number of nitrogens with one attached hydrogen (secondary N) is 1. The number of nitrogens with zero attached hydrogens (tertiary/aromatic N) is 5. The van der Waals surface area contributed by atoms with Gasteiger partial charge in [-0.3, -0.25) is 9.78 Å². The van der Waals surface area contributed by atoms with Crippen LogP contribution in [-0.4, -0.2) is 42.9 Å². The smallest absolute Gasteiger partial charge is 0.186 e. The summed E-state index contributed by atoms with van der Waals surface area (Å²) >= 11 is 0. The number of ketones is 1. The Labute approximate surface area is 183 Å². The largest absolute Gasteiger partial charge is 0.292 e. The normalized spacial score (nSPS) is 23.0. The van der Waals surface area contributed by atoms with Crippen molar-refractivity contribution in [2.75, 3.05) is 0 Å². The van der Waals surface area contributed by atoms with E-state index in [1.807, 2.05) is 35.5 Å². The summed E-state index contributed by atoms with van der Waals surface area (Å²) in [6, 6.07) is 14.6. The Bertz CT molecular complexity index is 1300. The van der Waals surface area contributed by atoms with Gasteiger partial charge in [-0.25, -0.2) is 14.8 Å². The van der Waals surface area contributed by atoms with E-state index in [0.29, 0.717) is 12.1 Å². The molecule has 32 heavy (non-hydrogen) atoms. The zero-order valence-corrected chi connectivity index (χ0v) is 17.2. The van der Waals surface area contributed by atoms with Crippen LogP contribution < -0.4 is 5.43 Å². The van der Waals surface area contributed by atoms with Crippen LogP contribution in [0.5, 0.6) is 0 Å². The number of hydrogen-bond donors (Lipinski definition) is 1. The number of para-hydroxylation sites is 1. The van der Waals surface area contributed by atoms with Crippen molar-refractivity contribution in [2.45, 2.75) is 37.4 Å². The van der Waals surface area contributed by atoms with Gasteiger partial charge < -0.3 is 0 Å². The molecule has 6 rings (SSSR count). The van der Waals surface area contributed by atoms with Gasteiger partial charge in [-0.15, -0.1) is 0 Å². The summed E-state index contributed by atoms with van der Waals surface area (Å²) in [5.41, 5.74) is 6.07. The summed E-state index contributed by atoms with van der Waals surface area (Å²) in [5, 5.41) is 11.3. The van der Waals surface area contributed by atoms with Crippen LogP contribution in [0.15, 0.2) is 67.1 Å². The molecule has 2 fully saturated rings. The first kappa shape index (κ1) is 19.2. The Morgan fingerprint density at radius 1 is 1.00 bits per heavy atom. The van der Waals surface area contributed by atoms with E-state index in [0.717, 1.165) is 23.7 Å². The van der Waals surface area contributed by atoms with Crippen LogP contribution in [0.25, 0.3) is 16.6 Å². The fraction of sp³-hybridized carbons (Fsp3) is 0.250. The highest BCUT2D eigenvalue weighted by atomic mass is 19.1. The quantitative estimate of drug-likeness (QED) is 0.501. The van der Waals surface area contributed by atoms with Gasteiger partial charge in [0, 0.05) is 23.7 Å². The molecule has 160 valence electrons. The molecule has 8 heteroatoms. The van der Waals surface area contributed by atoms with Gasteiger partial charge in [0.2, 0.25) is 0 Å². The van der Waals surface area contributed by atoms with Gasteiger partial charge in [-0.1, -0.05) is 24.3 Å². The molecule has 2 unspecified atom stereocenters. The number of benzene rings is 2. The fourth-order valence-corrected chi connectivity index (χ4v) is 4.97. The lowest BCUT2D eigenvalue weighted by atomic mass is 9.82. The molecule has 2 aromatic heterocycles. The Balaban J connectivity index is 1.30. The van der Waals surface area contributed by atoms with Crippen molar-refractivity contribution in [3.8, 4) is 5.69 Å². The molecule has 1 N–H and O–H groups in total. The van der Waals surface area contributed by atoms with Crippen molar-refractivity contribution in [3.05, 3.63) is 84.1 Å². The summed E-state index contributed by atoms with van der Waals surface area (Å²) in [7, 11) is 0. The molecule has 0 amide bonds. The van der Waals surface area contributed by atoms with E-state index < -0.39 is 11.9 Å². The Hall–Kier alpha value is -3.49. The molecule has 2 aliphatic rings. The molecule has 4 aromatic rings. The minimum atomic E-state index is -0.554. The van der Waals surface area contributed by atoms with Gasteiger partial charge in [-0.2, -0.15) is 15.0 Å². The minimum absolute atomic E-state index is 0.0328. The van der Waals surface area contributed by atoms with E-state index in [9.17, 15) is 9.18 Å². The molecule has 0 spiro atoms. The first-order valence-corrected chi connectivity index (χ1v) is 10.8. The molecule has 2 saturated heterocycles. The Kier molecular flexibility index (Phi) is 4.55. The number of hydrogen-bond acceptors (Lipinski definition) is 6. The molecular formula is C24H21FN6O. The number of Topliss-reactive ketones (excluding diaryl/α,β-unsaturated/α-hetero) is 1. The number of carbonyl (C=O) groups is 1. The molecule has 0 bridgehead atoms. The highest BCUT2D eigenvalue weighted by Crippen LogP contribution is 2.39. The first-order valence-electron chi connectivity index (χ1n) is 10.8. The summed E-state index contributed by atoms with van der Waals surface area (Å²) in [6.45, 7) is 0. The standard InChI is InChI=1S/C24H21FN6O/c25-18-5-3-7-21(31-27-12-13-28-31)23(18)24(32)22-14-15-8-9-20(29-30(15)22)17-10-11-26-19-6-2-1-4-16(17)19/h1-7,10-13,15,20,22,29H,8-9,14H2/t15-,20?,22?/m1/s1. The average Bonchev–Trinajstić information content (AvgIpc) is 3.34. The van der Waals surface area contributed by atoms with Crippen molar-refractivity contribution >= 4 is 16.7 Å². The molecular weight excluding hydrogens is 407 g/mol. The second-order valence-corrected chi connectivity index (χ2v) is 8.31. The molecule has 0 aliphatic carbocycles. The molecule has 2 aromatic carbocycles. The van der Waals surface area contributed by atoms with E-state index in [4.69, 9.17) is 0 Å². The number of aromatic nitrogens is 4. The molecule has 4 heterocycles. The number of pyridine rings is 1. The van der Waals surface area contributed by atoms with E-state index in [1.165, 1.54) is 28.8 Å². The molecule has 0 radical (unpaired) electrons. The maximum absolute atomic E-state index is 14.8. The SMILES string of the molecule is O=C(c1c(F)cccc1-n1nccn1)C1C[C@H]2CCC(c3ccnc4ccccc34)NN12. The fourth-order valence-electron chi connectivity index (χ4n) is 4.97. The van der Waals surface area contributed by atoms with Gasteiger partial charge in [-0.05, 0) is 49.1 Å². The van der Waals surface area contributed by atoms with Gasteiger partial charge in [0.25, 0.3) is 0 Å². The van der Waals surface area contributed by atoms with Gasteiger partial charge in [0.15, 0.2) is 5.78 Å². The molecule has 7 nitrogen and oxygen atoms in total. The topological polar surface area (TPSA) is 75.9 Å². The number of rotatable bonds is 4. The van der Waals surface area contributed by atoms with Crippen molar-refractivity contribution in [1.82, 2.24) is 30.4 Å². The highest BCUT2D eigenvalue weighted by Gasteiger charge is 2.47. The van der Waals surface area contributed by atoms with E-state index in [2.05, 4.69) is 26.7 Å². The van der Waals surface area contributed by atoms with Gasteiger partial charge in [0.1, 0.15) is 5.82 Å².